The normalized spacial score (nSPS) is 20.7. The zero-order valence-electron chi connectivity index (χ0n) is 18.8. The number of nitrogens with zero attached hydrogens (tertiary/aromatic N) is 2. The minimum Gasteiger partial charge on any atom is -0.478 e. The number of carboxylic acid groups (broad SMARTS) is 1. The maximum atomic E-state index is 12.7. The number of fused-ring (bicyclic) bond motifs is 1. The summed E-state index contributed by atoms with van der Waals surface area (Å²) in [5, 5.41) is 9.39. The van der Waals surface area contributed by atoms with E-state index in [0.717, 1.165) is 24.8 Å². The smallest absolute Gasteiger partial charge is 0.478 e. The van der Waals surface area contributed by atoms with Crippen LogP contribution in [0, 0.1) is 11.3 Å². The van der Waals surface area contributed by atoms with Crippen LogP contribution in [0.3, 0.4) is 0 Å². The third-order valence-electron chi connectivity index (χ3n) is 6.23. The highest BCUT2D eigenvalue weighted by Gasteiger charge is 2.35. The number of alkyl halides is 3. The van der Waals surface area contributed by atoms with Crippen LogP contribution in [-0.4, -0.2) is 27.0 Å². The van der Waals surface area contributed by atoms with Gasteiger partial charge in [0.2, 0.25) is 0 Å². The van der Waals surface area contributed by atoms with Crippen molar-refractivity contribution in [2.45, 2.75) is 58.9 Å². The fraction of sp³-hybridized carbons (Fsp3) is 0.440. The number of ether oxygens (including phenoxy) is 1. The van der Waals surface area contributed by atoms with Gasteiger partial charge in [0.05, 0.1) is 16.6 Å². The van der Waals surface area contributed by atoms with Gasteiger partial charge in [-0.05, 0) is 66.5 Å². The number of hydrogen-bond donors (Lipinski definition) is 1. The quantitative estimate of drug-likeness (QED) is 0.465. The molecule has 3 aromatic rings. The SMILES string of the molecule is C[C@H]1C[C@@H](n2c(Cc3cccc(OC(F)(F)F)c3)nc3cc(C(=O)O)ccc32)CC(C)(C)C1. The molecule has 1 saturated carbocycles. The molecule has 1 aliphatic rings. The average molecular weight is 460 g/mol. The van der Waals surface area contributed by atoms with Crippen molar-refractivity contribution < 1.29 is 27.8 Å². The molecule has 33 heavy (non-hydrogen) atoms. The molecule has 8 heteroatoms. The van der Waals surface area contributed by atoms with Crippen molar-refractivity contribution in [3.63, 3.8) is 0 Å². The molecule has 1 heterocycles. The lowest BCUT2D eigenvalue weighted by molar-refractivity contribution is -0.274. The summed E-state index contributed by atoms with van der Waals surface area (Å²) >= 11 is 0. The Bertz CT molecular complexity index is 1180. The molecular formula is C25H27F3N2O3. The average Bonchev–Trinajstić information content (AvgIpc) is 3.02. The fourth-order valence-electron chi connectivity index (χ4n) is 5.34. The lowest BCUT2D eigenvalue weighted by atomic mass is 9.70. The lowest BCUT2D eigenvalue weighted by Crippen LogP contribution is -2.30. The van der Waals surface area contributed by atoms with Crippen LogP contribution in [-0.2, 0) is 6.42 Å². The summed E-state index contributed by atoms with van der Waals surface area (Å²) in [6, 6.07) is 11.0. The van der Waals surface area contributed by atoms with Gasteiger partial charge in [0.25, 0.3) is 0 Å². The van der Waals surface area contributed by atoms with Crippen LogP contribution >= 0.6 is 0 Å². The Labute approximate surface area is 190 Å². The van der Waals surface area contributed by atoms with Crippen molar-refractivity contribution in [2.24, 2.45) is 11.3 Å². The van der Waals surface area contributed by atoms with E-state index in [-0.39, 0.29) is 22.8 Å². The predicted molar refractivity (Wildman–Crippen MR) is 118 cm³/mol. The number of rotatable bonds is 5. The van der Waals surface area contributed by atoms with Gasteiger partial charge >= 0.3 is 12.3 Å². The molecule has 0 amide bonds. The first kappa shape index (κ1) is 23.1. The van der Waals surface area contributed by atoms with Crippen LogP contribution in [0.1, 0.15) is 67.8 Å². The highest BCUT2D eigenvalue weighted by Crippen LogP contribution is 2.45. The van der Waals surface area contributed by atoms with Crippen molar-refractivity contribution in [3.8, 4) is 5.75 Å². The van der Waals surface area contributed by atoms with Crippen LogP contribution in [0.25, 0.3) is 11.0 Å². The molecule has 1 aliphatic carbocycles. The number of carbonyl (C=O) groups is 1. The van der Waals surface area contributed by atoms with Gasteiger partial charge in [-0.25, -0.2) is 9.78 Å². The Morgan fingerprint density at radius 2 is 1.97 bits per heavy atom. The number of imidazole rings is 1. The van der Waals surface area contributed by atoms with Crippen LogP contribution < -0.4 is 4.74 Å². The van der Waals surface area contributed by atoms with Crippen LogP contribution in [0.4, 0.5) is 13.2 Å². The fourth-order valence-corrected chi connectivity index (χ4v) is 5.34. The van der Waals surface area contributed by atoms with Crippen LogP contribution in [0.2, 0.25) is 0 Å². The summed E-state index contributed by atoms with van der Waals surface area (Å²) in [4.78, 5) is 16.2. The molecule has 0 bridgehead atoms. The van der Waals surface area contributed by atoms with E-state index in [2.05, 4.69) is 30.1 Å². The highest BCUT2D eigenvalue weighted by molar-refractivity contribution is 5.92. The van der Waals surface area contributed by atoms with E-state index < -0.39 is 12.3 Å². The first-order valence-corrected chi connectivity index (χ1v) is 11.0. The topological polar surface area (TPSA) is 64.4 Å². The van der Waals surface area contributed by atoms with E-state index in [4.69, 9.17) is 4.98 Å². The van der Waals surface area contributed by atoms with Gasteiger partial charge in [0.15, 0.2) is 0 Å². The molecule has 0 radical (unpaired) electrons. The molecule has 2 aromatic carbocycles. The number of aromatic carboxylic acids is 1. The summed E-state index contributed by atoms with van der Waals surface area (Å²) in [6.07, 6.45) is -1.45. The van der Waals surface area contributed by atoms with Gasteiger partial charge in [-0.2, -0.15) is 0 Å². The van der Waals surface area contributed by atoms with E-state index in [1.807, 2.05) is 0 Å². The number of halogens is 3. The molecule has 0 unspecified atom stereocenters. The minimum atomic E-state index is -4.76. The van der Waals surface area contributed by atoms with Gasteiger partial charge in [0.1, 0.15) is 11.6 Å². The predicted octanol–water partition coefficient (Wildman–Crippen LogP) is 6.61. The molecule has 4 rings (SSSR count). The molecule has 0 spiro atoms. The van der Waals surface area contributed by atoms with Crippen molar-refractivity contribution in [3.05, 3.63) is 59.4 Å². The Balaban J connectivity index is 1.78. The molecule has 1 N–H and O–H groups in total. The Kier molecular flexibility index (Phi) is 5.88. The largest absolute Gasteiger partial charge is 0.573 e. The van der Waals surface area contributed by atoms with Gasteiger partial charge in [-0.1, -0.05) is 32.9 Å². The van der Waals surface area contributed by atoms with E-state index in [1.165, 1.54) is 18.2 Å². The minimum absolute atomic E-state index is 0.137. The third kappa shape index (κ3) is 5.31. The number of hydrogen-bond acceptors (Lipinski definition) is 3. The Hall–Kier alpha value is -3.03. The van der Waals surface area contributed by atoms with Crippen molar-refractivity contribution in [1.82, 2.24) is 9.55 Å². The van der Waals surface area contributed by atoms with Gasteiger partial charge in [-0.3, -0.25) is 0 Å². The summed E-state index contributed by atoms with van der Waals surface area (Å²) in [5.41, 5.74) is 2.33. The van der Waals surface area contributed by atoms with E-state index in [1.54, 1.807) is 24.3 Å². The van der Waals surface area contributed by atoms with Crippen LogP contribution in [0.15, 0.2) is 42.5 Å². The zero-order chi connectivity index (χ0) is 24.0. The van der Waals surface area contributed by atoms with Crippen molar-refractivity contribution >= 4 is 17.0 Å². The van der Waals surface area contributed by atoms with Crippen LogP contribution in [0.5, 0.6) is 5.75 Å². The molecule has 2 atom stereocenters. The Morgan fingerprint density at radius 3 is 2.64 bits per heavy atom. The first-order valence-electron chi connectivity index (χ1n) is 11.0. The Morgan fingerprint density at radius 1 is 1.21 bits per heavy atom. The molecule has 0 aliphatic heterocycles. The second-order valence-electron chi connectivity index (χ2n) is 9.85. The summed E-state index contributed by atoms with van der Waals surface area (Å²) in [6.45, 7) is 6.72. The van der Waals surface area contributed by atoms with Gasteiger partial charge in [-0.15, -0.1) is 13.2 Å². The highest BCUT2D eigenvalue weighted by atomic mass is 19.4. The second kappa shape index (κ2) is 8.39. The summed E-state index contributed by atoms with van der Waals surface area (Å²) in [5.74, 6) is -0.0990. The van der Waals surface area contributed by atoms with E-state index in [0.29, 0.717) is 29.2 Å². The molecule has 1 aromatic heterocycles. The molecular weight excluding hydrogens is 433 g/mol. The monoisotopic (exact) mass is 460 g/mol. The number of benzene rings is 2. The van der Waals surface area contributed by atoms with Gasteiger partial charge in [0, 0.05) is 12.5 Å². The summed E-state index contributed by atoms with van der Waals surface area (Å²) in [7, 11) is 0. The molecule has 176 valence electrons. The maximum absolute atomic E-state index is 12.7. The molecule has 5 nitrogen and oxygen atoms in total. The lowest BCUT2D eigenvalue weighted by Gasteiger charge is -2.40. The van der Waals surface area contributed by atoms with E-state index >= 15 is 0 Å². The first-order chi connectivity index (χ1) is 15.4. The number of carboxylic acids is 1. The summed E-state index contributed by atoms with van der Waals surface area (Å²) < 4.78 is 44.3. The molecule has 0 saturated heterocycles. The zero-order valence-corrected chi connectivity index (χ0v) is 18.8. The van der Waals surface area contributed by atoms with Crippen molar-refractivity contribution in [2.75, 3.05) is 0 Å². The third-order valence-corrected chi connectivity index (χ3v) is 6.23. The van der Waals surface area contributed by atoms with Crippen molar-refractivity contribution in [1.29, 1.82) is 0 Å². The standard InChI is InChI=1S/C25H27F3N2O3/c1-15-9-18(14-24(2,3)13-15)30-21-8-7-17(23(31)32)12-20(21)29-22(30)11-16-5-4-6-19(10-16)33-25(26,27)28/h4-8,10,12,15,18H,9,11,13-14H2,1-3H3,(H,31,32)/t15-,18+/m0/s1. The molecule has 1 fully saturated rings. The number of aromatic nitrogens is 2. The van der Waals surface area contributed by atoms with E-state index in [9.17, 15) is 23.1 Å². The second-order valence-corrected chi connectivity index (χ2v) is 9.85. The maximum Gasteiger partial charge on any atom is 0.573 e. The van der Waals surface area contributed by atoms with Gasteiger partial charge < -0.3 is 14.4 Å².